The zero-order valence-corrected chi connectivity index (χ0v) is 13.7. The molecule has 0 aromatic heterocycles. The maximum absolute atomic E-state index is 12.3. The molecule has 0 aliphatic carbocycles. The quantitative estimate of drug-likeness (QED) is 0.884. The summed E-state index contributed by atoms with van der Waals surface area (Å²) in [7, 11) is 0. The molecule has 0 bridgehead atoms. The van der Waals surface area contributed by atoms with E-state index in [9.17, 15) is 14.7 Å². The summed E-state index contributed by atoms with van der Waals surface area (Å²) in [5, 5.41) is 9.36. The summed E-state index contributed by atoms with van der Waals surface area (Å²) < 4.78 is 1.00. The van der Waals surface area contributed by atoms with Crippen LogP contribution in [0.25, 0.3) is 0 Å². The van der Waals surface area contributed by atoms with E-state index in [-0.39, 0.29) is 5.91 Å². The number of aryl methyl sites for hydroxylation is 1. The van der Waals surface area contributed by atoms with E-state index in [0.29, 0.717) is 38.8 Å². The fourth-order valence-electron chi connectivity index (χ4n) is 2.80. The molecule has 1 unspecified atom stereocenters. The van der Waals surface area contributed by atoms with Crippen molar-refractivity contribution < 1.29 is 14.7 Å². The van der Waals surface area contributed by atoms with Gasteiger partial charge in [0.15, 0.2) is 0 Å². The van der Waals surface area contributed by atoms with E-state index in [1.54, 1.807) is 4.90 Å². The van der Waals surface area contributed by atoms with Crippen molar-refractivity contribution in [2.45, 2.75) is 32.6 Å². The van der Waals surface area contributed by atoms with Gasteiger partial charge in [0.2, 0.25) is 5.91 Å². The number of hydrogen-bond donors (Lipinski definition) is 1. The van der Waals surface area contributed by atoms with E-state index in [0.717, 1.165) is 10.0 Å². The summed E-state index contributed by atoms with van der Waals surface area (Å²) in [6, 6.07) is 7.90. The van der Waals surface area contributed by atoms with Gasteiger partial charge in [0, 0.05) is 24.0 Å². The Morgan fingerprint density at radius 2 is 2.19 bits per heavy atom. The second-order valence-corrected chi connectivity index (χ2v) is 6.55. The largest absolute Gasteiger partial charge is 0.481 e. The van der Waals surface area contributed by atoms with Crippen LogP contribution in [0.1, 0.15) is 31.7 Å². The van der Waals surface area contributed by atoms with Crippen LogP contribution >= 0.6 is 15.9 Å². The molecule has 1 aliphatic heterocycles. The Kier molecular flexibility index (Phi) is 5.04. The minimum atomic E-state index is -0.785. The molecule has 1 amide bonds. The maximum atomic E-state index is 12.3. The normalized spacial score (nSPS) is 21.5. The average molecular weight is 354 g/mol. The number of rotatable bonds is 5. The number of hydrogen-bond acceptors (Lipinski definition) is 2. The first-order valence-electron chi connectivity index (χ1n) is 7.22. The van der Waals surface area contributed by atoms with Crippen LogP contribution in [0.5, 0.6) is 0 Å². The van der Waals surface area contributed by atoms with Crippen LogP contribution in [0.15, 0.2) is 28.7 Å². The molecule has 4 nitrogen and oxygen atoms in total. The average Bonchev–Trinajstić information content (AvgIpc) is 2.91. The predicted octanol–water partition coefficient (Wildman–Crippen LogP) is 3.10. The van der Waals surface area contributed by atoms with E-state index >= 15 is 0 Å². The van der Waals surface area contributed by atoms with E-state index in [1.165, 1.54) is 0 Å². The van der Waals surface area contributed by atoms with Crippen molar-refractivity contribution in [1.29, 1.82) is 0 Å². The van der Waals surface area contributed by atoms with Gasteiger partial charge >= 0.3 is 5.97 Å². The predicted molar refractivity (Wildman–Crippen MR) is 84.0 cm³/mol. The zero-order chi connectivity index (χ0) is 15.5. The molecular weight excluding hydrogens is 334 g/mol. The van der Waals surface area contributed by atoms with E-state index in [4.69, 9.17) is 0 Å². The van der Waals surface area contributed by atoms with Crippen LogP contribution in [-0.4, -0.2) is 35.0 Å². The van der Waals surface area contributed by atoms with Crippen molar-refractivity contribution in [1.82, 2.24) is 4.90 Å². The summed E-state index contributed by atoms with van der Waals surface area (Å²) in [6.07, 6.45) is 2.23. The highest BCUT2D eigenvalue weighted by Crippen LogP contribution is 2.34. The molecule has 1 aliphatic rings. The number of halogens is 1. The fourth-order valence-corrected chi connectivity index (χ4v) is 3.25. The zero-order valence-electron chi connectivity index (χ0n) is 12.1. The molecular formula is C16H20BrNO3. The molecule has 0 spiro atoms. The molecule has 1 heterocycles. The number of carbonyl (C=O) groups excluding carboxylic acids is 1. The molecule has 114 valence electrons. The molecule has 1 aromatic rings. The summed E-state index contributed by atoms with van der Waals surface area (Å²) in [5.74, 6) is -0.737. The van der Waals surface area contributed by atoms with Crippen molar-refractivity contribution in [3.63, 3.8) is 0 Å². The van der Waals surface area contributed by atoms with Gasteiger partial charge in [-0.1, -0.05) is 35.0 Å². The van der Waals surface area contributed by atoms with E-state index < -0.39 is 11.4 Å². The Balaban J connectivity index is 1.92. The number of nitrogens with zero attached hydrogens (tertiary/aromatic N) is 1. The second kappa shape index (κ2) is 6.60. The van der Waals surface area contributed by atoms with E-state index in [2.05, 4.69) is 15.9 Å². The van der Waals surface area contributed by atoms with Crippen LogP contribution < -0.4 is 0 Å². The van der Waals surface area contributed by atoms with Crippen LogP contribution in [0, 0.1) is 5.41 Å². The number of carboxylic acid groups (broad SMARTS) is 1. The summed E-state index contributed by atoms with van der Waals surface area (Å²) in [4.78, 5) is 25.4. The molecule has 0 saturated carbocycles. The van der Waals surface area contributed by atoms with Crippen LogP contribution in [0.3, 0.4) is 0 Å². The highest BCUT2D eigenvalue weighted by atomic mass is 79.9. The first-order valence-corrected chi connectivity index (χ1v) is 8.02. The monoisotopic (exact) mass is 353 g/mol. The highest BCUT2D eigenvalue weighted by Gasteiger charge is 2.44. The third-order valence-corrected chi connectivity index (χ3v) is 4.85. The summed E-state index contributed by atoms with van der Waals surface area (Å²) >= 11 is 3.41. The third kappa shape index (κ3) is 3.64. The van der Waals surface area contributed by atoms with Crippen LogP contribution in [0.2, 0.25) is 0 Å². The number of benzene rings is 1. The minimum absolute atomic E-state index is 0.0477. The van der Waals surface area contributed by atoms with Crippen molar-refractivity contribution >= 4 is 27.8 Å². The van der Waals surface area contributed by atoms with Crippen molar-refractivity contribution in [2.24, 2.45) is 5.41 Å². The SMILES string of the molecule is CCC1(C(=O)O)CCN(C(=O)CCc2cccc(Br)c2)C1. The molecule has 1 N–H and O–H groups in total. The Morgan fingerprint density at radius 3 is 2.76 bits per heavy atom. The van der Waals surface area contributed by atoms with Gasteiger partial charge in [-0.2, -0.15) is 0 Å². The highest BCUT2D eigenvalue weighted by molar-refractivity contribution is 9.10. The molecule has 5 heteroatoms. The van der Waals surface area contributed by atoms with Crippen molar-refractivity contribution in [3.8, 4) is 0 Å². The molecule has 1 aromatic carbocycles. The van der Waals surface area contributed by atoms with Crippen molar-refractivity contribution in [3.05, 3.63) is 34.3 Å². The summed E-state index contributed by atoms with van der Waals surface area (Å²) in [6.45, 7) is 2.78. The van der Waals surface area contributed by atoms with Gasteiger partial charge in [-0.05, 0) is 37.0 Å². The van der Waals surface area contributed by atoms with E-state index in [1.807, 2.05) is 31.2 Å². The Hall–Kier alpha value is -1.36. The lowest BCUT2D eigenvalue weighted by molar-refractivity contribution is -0.148. The minimum Gasteiger partial charge on any atom is -0.481 e. The number of likely N-dealkylation sites (tertiary alicyclic amines) is 1. The van der Waals surface area contributed by atoms with Crippen molar-refractivity contribution in [2.75, 3.05) is 13.1 Å². The molecule has 1 fully saturated rings. The molecule has 1 atom stereocenters. The van der Waals surface area contributed by atoms with Gasteiger partial charge < -0.3 is 10.0 Å². The first kappa shape index (κ1) is 16.0. The van der Waals surface area contributed by atoms with Gasteiger partial charge in [-0.15, -0.1) is 0 Å². The Bertz CT molecular complexity index is 546. The van der Waals surface area contributed by atoms with Gasteiger partial charge in [0.25, 0.3) is 0 Å². The van der Waals surface area contributed by atoms with Crippen LogP contribution in [0.4, 0.5) is 0 Å². The molecule has 21 heavy (non-hydrogen) atoms. The standard InChI is InChI=1S/C16H20BrNO3/c1-2-16(15(20)21)8-9-18(11-16)14(19)7-6-12-4-3-5-13(17)10-12/h3-5,10H,2,6-9,11H2,1H3,(H,20,21). The van der Waals surface area contributed by atoms with Gasteiger partial charge in [-0.3, -0.25) is 9.59 Å². The van der Waals surface area contributed by atoms with Gasteiger partial charge in [0.1, 0.15) is 0 Å². The van der Waals surface area contributed by atoms with Crippen LogP contribution in [-0.2, 0) is 16.0 Å². The third-order valence-electron chi connectivity index (χ3n) is 4.35. The first-order chi connectivity index (χ1) is 9.97. The Morgan fingerprint density at radius 1 is 1.43 bits per heavy atom. The lowest BCUT2D eigenvalue weighted by Gasteiger charge is -2.23. The molecule has 2 rings (SSSR count). The lowest BCUT2D eigenvalue weighted by atomic mass is 9.84. The smallest absolute Gasteiger partial charge is 0.311 e. The lowest BCUT2D eigenvalue weighted by Crippen LogP contribution is -2.36. The summed E-state index contributed by atoms with van der Waals surface area (Å²) in [5.41, 5.74) is 0.364. The molecule has 1 saturated heterocycles. The fraction of sp³-hybridized carbons (Fsp3) is 0.500. The molecule has 0 radical (unpaired) electrons. The number of aliphatic carboxylic acids is 1. The number of amides is 1. The van der Waals surface area contributed by atoms with Gasteiger partial charge in [-0.25, -0.2) is 0 Å². The van der Waals surface area contributed by atoms with Gasteiger partial charge in [0.05, 0.1) is 5.41 Å². The topological polar surface area (TPSA) is 57.6 Å². The number of carbonyl (C=O) groups is 2. The maximum Gasteiger partial charge on any atom is 0.311 e. The second-order valence-electron chi connectivity index (χ2n) is 5.63. The number of carboxylic acids is 1. The Labute approximate surface area is 133 Å².